The number of halogens is 1. The van der Waals surface area contributed by atoms with E-state index in [0.29, 0.717) is 0 Å². The maximum absolute atomic E-state index is 12.8. The summed E-state index contributed by atoms with van der Waals surface area (Å²) in [6.07, 6.45) is 1.05. The molecule has 16 heavy (non-hydrogen) atoms. The lowest BCUT2D eigenvalue weighted by Crippen LogP contribution is -2.52. The van der Waals surface area contributed by atoms with Crippen molar-refractivity contribution in [1.29, 1.82) is 0 Å². The Morgan fingerprint density at radius 3 is 2.75 bits per heavy atom. The van der Waals surface area contributed by atoms with Gasteiger partial charge in [-0.15, -0.1) is 0 Å². The Hall–Kier alpha value is -0.930. The van der Waals surface area contributed by atoms with Gasteiger partial charge in [0.15, 0.2) is 0 Å². The molecule has 1 aromatic carbocycles. The Morgan fingerprint density at radius 1 is 1.44 bits per heavy atom. The fraction of sp³-hybridized carbons (Fsp3) is 0.538. The molecule has 2 rings (SSSR count). The number of morpholine rings is 1. The minimum absolute atomic E-state index is 0.185. The molecule has 0 bridgehead atoms. The third-order valence-electron chi connectivity index (χ3n) is 2.91. The molecule has 0 aliphatic carbocycles. The SMILES string of the molecule is CC1CNCC(C)(Cc2ccc(F)cc2)O1. The second-order valence-electron chi connectivity index (χ2n) is 4.81. The summed E-state index contributed by atoms with van der Waals surface area (Å²) < 4.78 is 18.7. The van der Waals surface area contributed by atoms with Gasteiger partial charge in [-0.2, -0.15) is 0 Å². The quantitative estimate of drug-likeness (QED) is 0.829. The zero-order valence-corrected chi connectivity index (χ0v) is 9.79. The van der Waals surface area contributed by atoms with Gasteiger partial charge in [0.2, 0.25) is 0 Å². The highest BCUT2D eigenvalue weighted by molar-refractivity contribution is 5.18. The van der Waals surface area contributed by atoms with E-state index in [0.717, 1.165) is 25.1 Å². The van der Waals surface area contributed by atoms with Gasteiger partial charge in [-0.3, -0.25) is 0 Å². The Balaban J connectivity index is 2.05. The van der Waals surface area contributed by atoms with Crippen molar-refractivity contribution in [2.45, 2.75) is 32.0 Å². The van der Waals surface area contributed by atoms with Gasteiger partial charge in [0.1, 0.15) is 5.82 Å². The van der Waals surface area contributed by atoms with Gasteiger partial charge < -0.3 is 10.1 Å². The van der Waals surface area contributed by atoms with E-state index in [1.165, 1.54) is 12.1 Å². The van der Waals surface area contributed by atoms with Gasteiger partial charge in [-0.25, -0.2) is 4.39 Å². The average molecular weight is 223 g/mol. The third kappa shape index (κ3) is 2.80. The molecule has 0 aromatic heterocycles. The van der Waals surface area contributed by atoms with Crippen LogP contribution in [0.1, 0.15) is 19.4 Å². The van der Waals surface area contributed by atoms with Crippen molar-refractivity contribution < 1.29 is 9.13 Å². The summed E-state index contributed by atoms with van der Waals surface area (Å²) in [6, 6.07) is 6.64. The van der Waals surface area contributed by atoms with Crippen molar-refractivity contribution in [2.24, 2.45) is 0 Å². The minimum Gasteiger partial charge on any atom is -0.369 e. The average Bonchev–Trinajstić information content (AvgIpc) is 2.21. The van der Waals surface area contributed by atoms with Crippen molar-refractivity contribution in [3.05, 3.63) is 35.6 Å². The lowest BCUT2D eigenvalue weighted by molar-refractivity contribution is -0.0965. The van der Waals surface area contributed by atoms with E-state index in [1.807, 2.05) is 12.1 Å². The van der Waals surface area contributed by atoms with Gasteiger partial charge in [-0.1, -0.05) is 12.1 Å². The van der Waals surface area contributed by atoms with Crippen LogP contribution in [0.2, 0.25) is 0 Å². The number of rotatable bonds is 2. The molecule has 1 aromatic rings. The van der Waals surface area contributed by atoms with Crippen LogP contribution in [0.3, 0.4) is 0 Å². The van der Waals surface area contributed by atoms with Gasteiger partial charge in [0.05, 0.1) is 11.7 Å². The Morgan fingerprint density at radius 2 is 2.12 bits per heavy atom. The lowest BCUT2D eigenvalue weighted by Gasteiger charge is -2.38. The standard InChI is InChI=1S/C13H18FNO/c1-10-8-15-9-13(2,16-10)7-11-3-5-12(14)6-4-11/h3-6,10,15H,7-9H2,1-2H3. The molecule has 88 valence electrons. The molecule has 0 radical (unpaired) electrons. The molecule has 2 nitrogen and oxygen atoms in total. The van der Waals surface area contributed by atoms with E-state index in [2.05, 4.69) is 19.2 Å². The van der Waals surface area contributed by atoms with Crippen molar-refractivity contribution >= 4 is 0 Å². The van der Waals surface area contributed by atoms with E-state index >= 15 is 0 Å². The van der Waals surface area contributed by atoms with Crippen LogP contribution in [0.5, 0.6) is 0 Å². The molecule has 1 saturated heterocycles. The van der Waals surface area contributed by atoms with E-state index in [9.17, 15) is 4.39 Å². The Kier molecular flexibility index (Phi) is 3.26. The van der Waals surface area contributed by atoms with Crippen LogP contribution in [0.15, 0.2) is 24.3 Å². The van der Waals surface area contributed by atoms with Crippen LogP contribution >= 0.6 is 0 Å². The molecule has 0 spiro atoms. The highest BCUT2D eigenvalue weighted by Gasteiger charge is 2.31. The summed E-state index contributed by atoms with van der Waals surface area (Å²) in [5, 5.41) is 3.36. The number of ether oxygens (including phenoxy) is 1. The summed E-state index contributed by atoms with van der Waals surface area (Å²) in [7, 11) is 0. The Bertz CT molecular complexity index is 351. The molecule has 1 aliphatic heterocycles. The van der Waals surface area contributed by atoms with E-state index in [1.54, 1.807) is 0 Å². The maximum Gasteiger partial charge on any atom is 0.123 e. The zero-order valence-electron chi connectivity index (χ0n) is 9.79. The molecule has 1 heterocycles. The summed E-state index contributed by atoms with van der Waals surface area (Å²) in [5.41, 5.74) is 0.926. The maximum atomic E-state index is 12.8. The molecule has 2 atom stereocenters. The van der Waals surface area contributed by atoms with Crippen molar-refractivity contribution in [3.8, 4) is 0 Å². The van der Waals surface area contributed by atoms with E-state index < -0.39 is 0 Å². The molecule has 1 aliphatic rings. The number of benzene rings is 1. The first kappa shape index (κ1) is 11.6. The summed E-state index contributed by atoms with van der Waals surface area (Å²) >= 11 is 0. The smallest absolute Gasteiger partial charge is 0.123 e. The first-order valence-corrected chi connectivity index (χ1v) is 5.70. The van der Waals surface area contributed by atoms with Gasteiger partial charge in [0, 0.05) is 19.5 Å². The molecule has 3 heteroatoms. The topological polar surface area (TPSA) is 21.3 Å². The van der Waals surface area contributed by atoms with Crippen LogP contribution in [0, 0.1) is 5.82 Å². The lowest BCUT2D eigenvalue weighted by atomic mass is 9.94. The first-order valence-electron chi connectivity index (χ1n) is 5.70. The van der Waals surface area contributed by atoms with E-state index in [4.69, 9.17) is 4.74 Å². The Labute approximate surface area is 95.8 Å². The summed E-state index contributed by atoms with van der Waals surface area (Å²) in [4.78, 5) is 0. The molecule has 0 amide bonds. The molecule has 1 fully saturated rings. The molecule has 2 unspecified atom stereocenters. The first-order chi connectivity index (χ1) is 7.57. The highest BCUT2D eigenvalue weighted by Crippen LogP contribution is 2.21. The van der Waals surface area contributed by atoms with Gasteiger partial charge in [-0.05, 0) is 31.5 Å². The minimum atomic E-state index is -0.190. The van der Waals surface area contributed by atoms with Gasteiger partial charge >= 0.3 is 0 Å². The predicted octanol–water partition coefficient (Wildman–Crippen LogP) is 2.14. The largest absolute Gasteiger partial charge is 0.369 e. The van der Waals surface area contributed by atoms with Crippen LogP contribution < -0.4 is 5.32 Å². The zero-order chi connectivity index (χ0) is 11.6. The van der Waals surface area contributed by atoms with Crippen LogP contribution in [-0.2, 0) is 11.2 Å². The predicted molar refractivity (Wildman–Crippen MR) is 61.9 cm³/mol. The van der Waals surface area contributed by atoms with Crippen LogP contribution in [-0.4, -0.2) is 24.8 Å². The van der Waals surface area contributed by atoms with Crippen LogP contribution in [0.4, 0.5) is 4.39 Å². The fourth-order valence-electron chi connectivity index (χ4n) is 2.25. The second kappa shape index (κ2) is 4.52. The fourth-order valence-corrected chi connectivity index (χ4v) is 2.25. The molecular formula is C13H18FNO. The normalized spacial score (nSPS) is 30.3. The van der Waals surface area contributed by atoms with Crippen molar-refractivity contribution in [3.63, 3.8) is 0 Å². The highest BCUT2D eigenvalue weighted by atomic mass is 19.1. The van der Waals surface area contributed by atoms with Crippen LogP contribution in [0.25, 0.3) is 0 Å². The summed E-state index contributed by atoms with van der Waals surface area (Å²) in [5.74, 6) is -0.190. The molecular weight excluding hydrogens is 205 g/mol. The number of nitrogens with one attached hydrogen (secondary N) is 1. The van der Waals surface area contributed by atoms with Gasteiger partial charge in [0.25, 0.3) is 0 Å². The second-order valence-corrected chi connectivity index (χ2v) is 4.81. The monoisotopic (exact) mass is 223 g/mol. The number of hydrogen-bond donors (Lipinski definition) is 1. The summed E-state index contributed by atoms with van der Waals surface area (Å²) in [6.45, 7) is 5.90. The van der Waals surface area contributed by atoms with E-state index in [-0.39, 0.29) is 17.5 Å². The van der Waals surface area contributed by atoms with Crippen molar-refractivity contribution in [1.82, 2.24) is 5.32 Å². The molecule has 0 saturated carbocycles. The molecule has 1 N–H and O–H groups in total. The van der Waals surface area contributed by atoms with Crippen molar-refractivity contribution in [2.75, 3.05) is 13.1 Å². The number of hydrogen-bond acceptors (Lipinski definition) is 2. The third-order valence-corrected chi connectivity index (χ3v) is 2.91.